The molecule has 1 aromatic carbocycles. The third-order valence-corrected chi connectivity index (χ3v) is 5.04. The minimum Gasteiger partial charge on any atom is -0.371 e. The molecule has 0 bridgehead atoms. The van der Waals surface area contributed by atoms with Gasteiger partial charge in [-0.1, -0.05) is 18.2 Å². The lowest BCUT2D eigenvalue weighted by Crippen LogP contribution is -2.30. The fourth-order valence-corrected chi connectivity index (χ4v) is 3.52. The van der Waals surface area contributed by atoms with Crippen LogP contribution >= 0.6 is 0 Å². The number of anilines is 2. The number of para-hydroxylation sites is 1. The molecule has 1 aliphatic rings. The van der Waals surface area contributed by atoms with Gasteiger partial charge in [0.1, 0.15) is 12.1 Å². The van der Waals surface area contributed by atoms with Crippen molar-refractivity contribution in [2.75, 3.05) is 23.3 Å². The molecular formula is C19H24N6. The molecule has 1 fully saturated rings. The summed E-state index contributed by atoms with van der Waals surface area (Å²) in [5.74, 6) is 1.60. The van der Waals surface area contributed by atoms with Gasteiger partial charge in [0, 0.05) is 36.6 Å². The third kappa shape index (κ3) is 3.04. The lowest BCUT2D eigenvalue weighted by molar-refractivity contribution is 0.576. The first kappa shape index (κ1) is 15.9. The van der Waals surface area contributed by atoms with Crippen molar-refractivity contribution >= 4 is 17.3 Å². The van der Waals surface area contributed by atoms with E-state index in [1.165, 1.54) is 30.5 Å². The number of nitrogens with one attached hydrogen (secondary N) is 1. The summed E-state index contributed by atoms with van der Waals surface area (Å²) < 4.78 is 1.78. The van der Waals surface area contributed by atoms with Crippen LogP contribution in [0.1, 0.15) is 36.1 Å². The second kappa shape index (κ2) is 6.70. The van der Waals surface area contributed by atoms with Crippen molar-refractivity contribution in [3.8, 4) is 0 Å². The minimum absolute atomic E-state index is 0.634. The van der Waals surface area contributed by atoms with Crippen molar-refractivity contribution < 1.29 is 0 Å². The molecule has 0 unspecified atom stereocenters. The molecule has 25 heavy (non-hydrogen) atoms. The summed E-state index contributed by atoms with van der Waals surface area (Å²) in [6, 6.07) is 8.68. The molecule has 1 aliphatic heterocycles. The molecule has 2 aromatic heterocycles. The Morgan fingerprint density at radius 2 is 1.88 bits per heavy atom. The van der Waals surface area contributed by atoms with E-state index in [2.05, 4.69) is 56.5 Å². The molecule has 0 amide bonds. The Morgan fingerprint density at radius 1 is 1.08 bits per heavy atom. The number of hydrogen-bond acceptors (Lipinski definition) is 5. The molecule has 0 atom stereocenters. The number of aromatic nitrogens is 4. The van der Waals surface area contributed by atoms with Crippen LogP contribution in [0.25, 0.3) is 5.78 Å². The number of piperidine rings is 1. The highest BCUT2D eigenvalue weighted by Gasteiger charge is 2.15. The Kier molecular flexibility index (Phi) is 4.26. The Morgan fingerprint density at radius 3 is 2.72 bits per heavy atom. The van der Waals surface area contributed by atoms with E-state index < -0.39 is 0 Å². The van der Waals surface area contributed by atoms with Gasteiger partial charge >= 0.3 is 0 Å². The molecule has 3 heterocycles. The monoisotopic (exact) mass is 336 g/mol. The van der Waals surface area contributed by atoms with Gasteiger partial charge in [-0.2, -0.15) is 14.6 Å². The lowest BCUT2D eigenvalue weighted by Gasteiger charge is -2.30. The van der Waals surface area contributed by atoms with E-state index in [0.29, 0.717) is 5.78 Å². The van der Waals surface area contributed by atoms with Crippen LogP contribution in [0.5, 0.6) is 0 Å². The minimum atomic E-state index is 0.634. The maximum atomic E-state index is 4.48. The largest absolute Gasteiger partial charge is 0.371 e. The van der Waals surface area contributed by atoms with E-state index in [9.17, 15) is 0 Å². The maximum absolute atomic E-state index is 4.48. The zero-order chi connectivity index (χ0) is 17.2. The van der Waals surface area contributed by atoms with Crippen molar-refractivity contribution in [2.24, 2.45) is 0 Å². The molecule has 0 aliphatic carbocycles. The van der Waals surface area contributed by atoms with Gasteiger partial charge in [0.2, 0.25) is 0 Å². The van der Waals surface area contributed by atoms with Crippen LogP contribution in [0.15, 0.2) is 30.6 Å². The van der Waals surface area contributed by atoms with Gasteiger partial charge in [-0.05, 0) is 44.7 Å². The van der Waals surface area contributed by atoms with Gasteiger partial charge in [0.15, 0.2) is 0 Å². The summed E-state index contributed by atoms with van der Waals surface area (Å²) >= 11 is 0. The Hall–Kier alpha value is -2.63. The molecule has 130 valence electrons. The summed E-state index contributed by atoms with van der Waals surface area (Å²) in [5, 5.41) is 7.89. The number of hydrogen-bond donors (Lipinski definition) is 1. The van der Waals surface area contributed by atoms with Gasteiger partial charge in [-0.15, -0.1) is 0 Å². The number of benzene rings is 1. The van der Waals surface area contributed by atoms with E-state index in [4.69, 9.17) is 0 Å². The fraction of sp³-hybridized carbons (Fsp3) is 0.421. The molecule has 0 radical (unpaired) electrons. The molecule has 0 saturated carbocycles. The van der Waals surface area contributed by atoms with Crippen LogP contribution in [0.4, 0.5) is 11.5 Å². The molecule has 0 spiro atoms. The standard InChI is InChI=1S/C19H24N6/c1-14-15(2)23-19-21-13-22-25(19)18(14)20-12-16-8-4-5-9-17(16)24-10-6-3-7-11-24/h4-5,8-9,13,20H,3,6-7,10-12H2,1-2H3. The van der Waals surface area contributed by atoms with Crippen molar-refractivity contribution in [2.45, 2.75) is 39.7 Å². The number of nitrogens with zero attached hydrogens (tertiary/aromatic N) is 5. The van der Waals surface area contributed by atoms with Crippen molar-refractivity contribution in [3.63, 3.8) is 0 Å². The van der Waals surface area contributed by atoms with E-state index in [-0.39, 0.29) is 0 Å². The topological polar surface area (TPSA) is 58.4 Å². The van der Waals surface area contributed by atoms with Crippen LogP contribution in [-0.4, -0.2) is 32.7 Å². The average molecular weight is 336 g/mol. The first-order chi connectivity index (χ1) is 12.2. The normalized spacial score (nSPS) is 14.9. The van der Waals surface area contributed by atoms with E-state index >= 15 is 0 Å². The summed E-state index contributed by atoms with van der Waals surface area (Å²) in [4.78, 5) is 11.2. The van der Waals surface area contributed by atoms with E-state index in [1.54, 1.807) is 10.8 Å². The Balaban J connectivity index is 1.62. The molecule has 6 nitrogen and oxygen atoms in total. The molecular weight excluding hydrogens is 312 g/mol. The summed E-state index contributed by atoms with van der Waals surface area (Å²) in [6.45, 7) is 7.14. The summed E-state index contributed by atoms with van der Waals surface area (Å²) in [5.41, 5.74) is 4.74. The second-order valence-electron chi connectivity index (χ2n) is 6.67. The van der Waals surface area contributed by atoms with E-state index in [1.807, 2.05) is 6.92 Å². The van der Waals surface area contributed by atoms with Crippen LogP contribution in [0, 0.1) is 13.8 Å². The van der Waals surface area contributed by atoms with E-state index in [0.717, 1.165) is 36.7 Å². The number of rotatable bonds is 4. The summed E-state index contributed by atoms with van der Waals surface area (Å²) in [6.07, 6.45) is 5.46. The van der Waals surface area contributed by atoms with Gasteiger partial charge in [0.25, 0.3) is 5.78 Å². The fourth-order valence-electron chi connectivity index (χ4n) is 3.52. The highest BCUT2D eigenvalue weighted by Crippen LogP contribution is 2.26. The first-order valence-electron chi connectivity index (χ1n) is 8.97. The number of fused-ring (bicyclic) bond motifs is 1. The van der Waals surface area contributed by atoms with Gasteiger partial charge in [0.05, 0.1) is 0 Å². The molecule has 3 aromatic rings. The SMILES string of the molecule is Cc1nc2ncnn2c(NCc2ccccc2N2CCCCC2)c1C. The predicted molar refractivity (Wildman–Crippen MR) is 100 cm³/mol. The zero-order valence-electron chi connectivity index (χ0n) is 14.9. The quantitative estimate of drug-likeness (QED) is 0.792. The Labute approximate surface area is 147 Å². The van der Waals surface area contributed by atoms with Gasteiger partial charge in [-0.25, -0.2) is 4.98 Å². The highest BCUT2D eigenvalue weighted by molar-refractivity contribution is 5.57. The van der Waals surface area contributed by atoms with Crippen molar-refractivity contribution in [1.82, 2.24) is 19.6 Å². The Bertz CT molecular complexity index is 879. The summed E-state index contributed by atoms with van der Waals surface area (Å²) in [7, 11) is 0. The zero-order valence-corrected chi connectivity index (χ0v) is 14.9. The van der Waals surface area contributed by atoms with Gasteiger partial charge in [-0.3, -0.25) is 0 Å². The van der Waals surface area contributed by atoms with Crippen LogP contribution in [0.2, 0.25) is 0 Å². The third-order valence-electron chi connectivity index (χ3n) is 5.04. The van der Waals surface area contributed by atoms with Gasteiger partial charge < -0.3 is 10.2 Å². The number of aryl methyl sites for hydroxylation is 1. The highest BCUT2D eigenvalue weighted by atomic mass is 15.4. The molecule has 6 heteroatoms. The molecule has 1 N–H and O–H groups in total. The van der Waals surface area contributed by atoms with Crippen LogP contribution in [0.3, 0.4) is 0 Å². The smallest absolute Gasteiger partial charge is 0.254 e. The molecule has 4 rings (SSSR count). The average Bonchev–Trinajstić information content (AvgIpc) is 3.11. The van der Waals surface area contributed by atoms with Crippen LogP contribution < -0.4 is 10.2 Å². The first-order valence-corrected chi connectivity index (χ1v) is 8.97. The molecule has 1 saturated heterocycles. The van der Waals surface area contributed by atoms with Crippen molar-refractivity contribution in [1.29, 1.82) is 0 Å². The van der Waals surface area contributed by atoms with Crippen LogP contribution in [-0.2, 0) is 6.54 Å². The predicted octanol–water partition coefficient (Wildman–Crippen LogP) is 3.34. The second-order valence-corrected chi connectivity index (χ2v) is 6.67. The maximum Gasteiger partial charge on any atom is 0.254 e. The van der Waals surface area contributed by atoms with Crippen molar-refractivity contribution in [3.05, 3.63) is 47.4 Å². The lowest BCUT2D eigenvalue weighted by atomic mass is 10.1.